The molecule has 0 fully saturated rings. The Labute approximate surface area is 166 Å². The van der Waals surface area contributed by atoms with Crippen molar-refractivity contribution in [2.24, 2.45) is 0 Å². The standard InChI is InChI=1S/C22H19BrO4/c1-25-21(20(23)22(24)26-2)18-10-6-7-16-12-11-15(13-19(16)18)14-27-17-8-4-3-5-9-17/h3-13H,14H2,1-2H3/b21-20-. The van der Waals surface area contributed by atoms with E-state index >= 15 is 0 Å². The number of hydrogen-bond acceptors (Lipinski definition) is 4. The summed E-state index contributed by atoms with van der Waals surface area (Å²) in [5.41, 5.74) is 1.82. The number of fused-ring (bicyclic) bond motifs is 1. The molecule has 0 unspecified atom stereocenters. The fraction of sp³-hybridized carbons (Fsp3) is 0.136. The SMILES string of the molecule is COC(=O)/C(Br)=C(/OC)c1cccc2ccc(COc3ccccc3)cc12. The average molecular weight is 427 g/mol. The van der Waals surface area contributed by atoms with Crippen LogP contribution >= 0.6 is 15.9 Å². The Hall–Kier alpha value is -2.79. The van der Waals surface area contributed by atoms with Crippen molar-refractivity contribution in [2.75, 3.05) is 14.2 Å². The highest BCUT2D eigenvalue weighted by atomic mass is 79.9. The normalized spacial score (nSPS) is 11.7. The molecule has 0 aliphatic rings. The predicted octanol–water partition coefficient (Wildman–Crippen LogP) is 5.30. The van der Waals surface area contributed by atoms with Gasteiger partial charge in [-0.25, -0.2) is 4.79 Å². The predicted molar refractivity (Wildman–Crippen MR) is 110 cm³/mol. The highest BCUT2D eigenvalue weighted by Gasteiger charge is 2.18. The quantitative estimate of drug-likeness (QED) is 0.304. The Kier molecular flexibility index (Phi) is 6.14. The van der Waals surface area contributed by atoms with E-state index < -0.39 is 5.97 Å². The van der Waals surface area contributed by atoms with Crippen LogP contribution in [0, 0.1) is 0 Å². The lowest BCUT2D eigenvalue weighted by Gasteiger charge is -2.13. The zero-order chi connectivity index (χ0) is 19.2. The molecule has 27 heavy (non-hydrogen) atoms. The fourth-order valence-electron chi connectivity index (χ4n) is 2.79. The molecule has 0 heterocycles. The lowest BCUT2D eigenvalue weighted by atomic mass is 10.0. The maximum Gasteiger partial charge on any atom is 0.348 e. The number of para-hydroxylation sites is 1. The number of rotatable bonds is 6. The van der Waals surface area contributed by atoms with E-state index in [0.717, 1.165) is 27.6 Å². The number of halogens is 1. The van der Waals surface area contributed by atoms with E-state index in [0.29, 0.717) is 12.4 Å². The van der Waals surface area contributed by atoms with Crippen molar-refractivity contribution in [3.63, 3.8) is 0 Å². The van der Waals surface area contributed by atoms with Crippen LogP contribution in [-0.4, -0.2) is 20.2 Å². The summed E-state index contributed by atoms with van der Waals surface area (Å²) in [5.74, 6) is 0.748. The van der Waals surface area contributed by atoms with E-state index in [1.54, 1.807) is 0 Å². The van der Waals surface area contributed by atoms with E-state index in [1.165, 1.54) is 14.2 Å². The van der Waals surface area contributed by atoms with Crippen molar-refractivity contribution >= 4 is 38.4 Å². The van der Waals surface area contributed by atoms with Gasteiger partial charge in [-0.2, -0.15) is 0 Å². The molecule has 0 spiro atoms. The molecule has 4 nitrogen and oxygen atoms in total. The second-order valence-electron chi connectivity index (χ2n) is 5.80. The maximum absolute atomic E-state index is 11.9. The summed E-state index contributed by atoms with van der Waals surface area (Å²) in [7, 11) is 2.86. The van der Waals surface area contributed by atoms with Crippen LogP contribution < -0.4 is 4.74 Å². The van der Waals surface area contributed by atoms with Gasteiger partial charge in [-0.15, -0.1) is 0 Å². The Morgan fingerprint density at radius 2 is 1.70 bits per heavy atom. The summed E-state index contributed by atoms with van der Waals surface area (Å²) in [6, 6.07) is 21.6. The third kappa shape index (κ3) is 4.31. The maximum atomic E-state index is 11.9. The van der Waals surface area contributed by atoms with Gasteiger partial charge in [-0.05, 0) is 50.5 Å². The fourth-order valence-corrected chi connectivity index (χ4v) is 3.33. The van der Waals surface area contributed by atoms with Gasteiger partial charge in [-0.1, -0.05) is 48.5 Å². The smallest absolute Gasteiger partial charge is 0.348 e. The second-order valence-corrected chi connectivity index (χ2v) is 6.59. The van der Waals surface area contributed by atoms with Crippen molar-refractivity contribution in [1.29, 1.82) is 0 Å². The lowest BCUT2D eigenvalue weighted by molar-refractivity contribution is -0.135. The highest BCUT2D eigenvalue weighted by Crippen LogP contribution is 2.31. The molecule has 0 saturated carbocycles. The summed E-state index contributed by atoms with van der Waals surface area (Å²) in [6.45, 7) is 0.443. The van der Waals surface area contributed by atoms with Gasteiger partial charge in [0.2, 0.25) is 0 Å². The number of ether oxygens (including phenoxy) is 3. The third-order valence-electron chi connectivity index (χ3n) is 4.11. The third-order valence-corrected chi connectivity index (χ3v) is 4.79. The van der Waals surface area contributed by atoms with Gasteiger partial charge in [0.05, 0.1) is 14.2 Å². The van der Waals surface area contributed by atoms with Gasteiger partial charge in [0, 0.05) is 5.56 Å². The van der Waals surface area contributed by atoms with Crippen molar-refractivity contribution in [3.8, 4) is 5.75 Å². The Morgan fingerprint density at radius 1 is 0.926 bits per heavy atom. The number of methoxy groups -OCH3 is 2. The Balaban J connectivity index is 2.00. The minimum atomic E-state index is -0.493. The van der Waals surface area contributed by atoms with Gasteiger partial charge >= 0.3 is 5.97 Å². The molecule has 0 aliphatic heterocycles. The van der Waals surface area contributed by atoms with Crippen LogP contribution in [0.3, 0.4) is 0 Å². The van der Waals surface area contributed by atoms with Crippen LogP contribution in [0.2, 0.25) is 0 Å². The molecule has 138 valence electrons. The molecule has 0 amide bonds. The summed E-state index contributed by atoms with van der Waals surface area (Å²) in [5, 5.41) is 2.00. The number of esters is 1. The first-order chi connectivity index (χ1) is 13.1. The molecule has 3 aromatic carbocycles. The molecular weight excluding hydrogens is 408 g/mol. The van der Waals surface area contributed by atoms with Crippen molar-refractivity contribution in [1.82, 2.24) is 0 Å². The minimum absolute atomic E-state index is 0.242. The summed E-state index contributed by atoms with van der Waals surface area (Å²) < 4.78 is 16.4. The first kappa shape index (κ1) is 19.0. The van der Waals surface area contributed by atoms with Crippen LogP contribution in [0.1, 0.15) is 11.1 Å². The number of benzene rings is 3. The van der Waals surface area contributed by atoms with E-state index in [9.17, 15) is 4.79 Å². The van der Waals surface area contributed by atoms with Crippen molar-refractivity contribution in [2.45, 2.75) is 6.61 Å². The molecule has 3 aromatic rings. The Morgan fingerprint density at radius 3 is 2.41 bits per heavy atom. The molecule has 0 radical (unpaired) electrons. The first-order valence-electron chi connectivity index (χ1n) is 8.36. The van der Waals surface area contributed by atoms with E-state index in [1.807, 2.05) is 66.7 Å². The van der Waals surface area contributed by atoms with E-state index in [-0.39, 0.29) is 4.48 Å². The molecule has 0 saturated heterocycles. The number of carbonyl (C=O) groups excluding carboxylic acids is 1. The van der Waals surface area contributed by atoms with Crippen LogP contribution in [-0.2, 0) is 20.9 Å². The molecule has 5 heteroatoms. The van der Waals surface area contributed by atoms with Gasteiger partial charge in [0.15, 0.2) is 0 Å². The zero-order valence-electron chi connectivity index (χ0n) is 15.1. The molecule has 0 N–H and O–H groups in total. The molecular formula is C22H19BrO4. The minimum Gasteiger partial charge on any atom is -0.495 e. The van der Waals surface area contributed by atoms with Crippen LogP contribution in [0.15, 0.2) is 71.2 Å². The van der Waals surface area contributed by atoms with Crippen LogP contribution in [0.5, 0.6) is 5.75 Å². The van der Waals surface area contributed by atoms with Gasteiger partial charge in [0.25, 0.3) is 0 Å². The summed E-state index contributed by atoms with van der Waals surface area (Å²) in [6.07, 6.45) is 0. The topological polar surface area (TPSA) is 44.8 Å². The lowest BCUT2D eigenvalue weighted by Crippen LogP contribution is -2.04. The van der Waals surface area contributed by atoms with Gasteiger partial charge in [0.1, 0.15) is 22.6 Å². The first-order valence-corrected chi connectivity index (χ1v) is 9.15. The van der Waals surface area contributed by atoms with Crippen LogP contribution in [0.25, 0.3) is 16.5 Å². The molecule has 3 rings (SSSR count). The largest absolute Gasteiger partial charge is 0.495 e. The number of carbonyl (C=O) groups is 1. The average Bonchev–Trinajstić information content (AvgIpc) is 2.73. The Bertz CT molecular complexity index is 980. The van der Waals surface area contributed by atoms with E-state index in [4.69, 9.17) is 14.2 Å². The summed E-state index contributed by atoms with van der Waals surface area (Å²) in [4.78, 5) is 11.9. The van der Waals surface area contributed by atoms with Crippen molar-refractivity contribution < 1.29 is 19.0 Å². The monoisotopic (exact) mass is 426 g/mol. The molecule has 0 aliphatic carbocycles. The molecule has 0 bridgehead atoms. The van der Waals surface area contributed by atoms with Crippen molar-refractivity contribution in [3.05, 3.63) is 82.3 Å². The number of hydrogen-bond donors (Lipinski definition) is 0. The summed E-state index contributed by atoms with van der Waals surface area (Å²) >= 11 is 3.29. The van der Waals surface area contributed by atoms with Gasteiger partial charge in [-0.3, -0.25) is 0 Å². The van der Waals surface area contributed by atoms with Gasteiger partial charge < -0.3 is 14.2 Å². The second kappa shape index (κ2) is 8.73. The highest BCUT2D eigenvalue weighted by molar-refractivity contribution is 9.12. The molecule has 0 aromatic heterocycles. The zero-order valence-corrected chi connectivity index (χ0v) is 16.7. The van der Waals surface area contributed by atoms with Crippen LogP contribution in [0.4, 0.5) is 0 Å². The van der Waals surface area contributed by atoms with E-state index in [2.05, 4.69) is 15.9 Å². The molecule has 0 atom stereocenters.